The van der Waals surface area contributed by atoms with Gasteiger partial charge in [-0.05, 0) is 31.9 Å². The number of carbonyl (C=O) groups excluding carboxylic acids is 1. The third-order valence-corrected chi connectivity index (χ3v) is 7.14. The van der Waals surface area contributed by atoms with E-state index in [1.54, 1.807) is 18.0 Å². The second kappa shape index (κ2) is 5.83. The molecule has 0 aliphatic carbocycles. The highest BCUT2D eigenvalue weighted by atomic mass is 32.2. The fourth-order valence-electron chi connectivity index (χ4n) is 2.40. The Hall–Kier alpha value is -0.920. The maximum absolute atomic E-state index is 12.5. The average molecular weight is 316 g/mol. The van der Waals surface area contributed by atoms with E-state index in [4.69, 9.17) is 0 Å². The topological polar surface area (TPSA) is 57.7 Å². The first-order chi connectivity index (χ1) is 9.32. The van der Waals surface area contributed by atoms with E-state index < -0.39 is 10.0 Å². The van der Waals surface area contributed by atoms with Crippen LogP contribution in [0.15, 0.2) is 16.3 Å². The van der Waals surface area contributed by atoms with Gasteiger partial charge in [0.25, 0.3) is 10.0 Å². The lowest BCUT2D eigenvalue weighted by Crippen LogP contribution is -2.46. The summed E-state index contributed by atoms with van der Waals surface area (Å²) < 4.78 is 26.9. The van der Waals surface area contributed by atoms with Crippen molar-refractivity contribution in [1.29, 1.82) is 0 Å². The zero-order valence-electron chi connectivity index (χ0n) is 12.0. The van der Waals surface area contributed by atoms with E-state index in [2.05, 4.69) is 0 Å². The molecular formula is C13H20N2O3S2. The highest BCUT2D eigenvalue weighted by Gasteiger charge is 2.32. The van der Waals surface area contributed by atoms with Crippen LogP contribution in [-0.2, 0) is 14.8 Å². The van der Waals surface area contributed by atoms with Crippen molar-refractivity contribution in [2.24, 2.45) is 0 Å². The van der Waals surface area contributed by atoms with Gasteiger partial charge in [-0.2, -0.15) is 4.31 Å². The number of hydrogen-bond acceptors (Lipinski definition) is 4. The first-order valence-electron chi connectivity index (χ1n) is 6.62. The number of aryl methyl sites for hydroxylation is 1. The predicted octanol–water partition coefficient (Wildman–Crippen LogP) is 1.69. The fraction of sp³-hybridized carbons (Fsp3) is 0.615. The molecule has 0 saturated carbocycles. The van der Waals surface area contributed by atoms with Crippen molar-refractivity contribution in [2.45, 2.75) is 36.9 Å². The van der Waals surface area contributed by atoms with Gasteiger partial charge in [-0.25, -0.2) is 8.42 Å². The maximum atomic E-state index is 12.5. The average Bonchev–Trinajstić information content (AvgIpc) is 2.85. The van der Waals surface area contributed by atoms with Crippen LogP contribution in [0.3, 0.4) is 0 Å². The summed E-state index contributed by atoms with van der Waals surface area (Å²) in [5, 5.41) is 0. The summed E-state index contributed by atoms with van der Waals surface area (Å²) >= 11 is 1.31. The lowest BCUT2D eigenvalue weighted by atomic mass is 10.1. The molecule has 1 amide bonds. The molecule has 1 aromatic heterocycles. The molecule has 2 heterocycles. The Bertz CT molecular complexity index is 587. The van der Waals surface area contributed by atoms with Crippen LogP contribution >= 0.6 is 11.3 Å². The minimum atomic E-state index is -3.36. The van der Waals surface area contributed by atoms with Gasteiger partial charge in [-0.3, -0.25) is 4.79 Å². The quantitative estimate of drug-likeness (QED) is 0.852. The molecule has 0 N–H and O–H groups in total. The molecule has 20 heavy (non-hydrogen) atoms. The van der Waals surface area contributed by atoms with Gasteiger partial charge < -0.3 is 4.90 Å². The molecule has 2 rings (SSSR count). The second-order valence-electron chi connectivity index (χ2n) is 5.13. The standard InChI is InChI=1S/C13H20N2O3S2/c1-10-4-5-13(19-10)20(17,18)15-8-6-12(7-9-15)14(3)11(2)16/h4-5,12H,6-9H2,1-3H3. The molecule has 0 atom stereocenters. The number of amides is 1. The van der Waals surface area contributed by atoms with Crippen molar-refractivity contribution < 1.29 is 13.2 Å². The molecule has 7 heteroatoms. The number of nitrogens with zero attached hydrogens (tertiary/aromatic N) is 2. The van der Waals surface area contributed by atoms with Gasteiger partial charge in [0.05, 0.1) is 0 Å². The van der Waals surface area contributed by atoms with Gasteiger partial charge in [0.15, 0.2) is 0 Å². The van der Waals surface area contributed by atoms with Crippen LogP contribution in [0.2, 0.25) is 0 Å². The Morgan fingerprint density at radius 1 is 1.35 bits per heavy atom. The molecule has 5 nitrogen and oxygen atoms in total. The number of rotatable bonds is 3. The molecule has 0 radical (unpaired) electrons. The summed E-state index contributed by atoms with van der Waals surface area (Å²) in [5.74, 6) is 0.0280. The van der Waals surface area contributed by atoms with E-state index in [0.717, 1.165) is 4.88 Å². The Balaban J connectivity index is 2.05. The predicted molar refractivity (Wildman–Crippen MR) is 79.3 cm³/mol. The molecule has 0 spiro atoms. The van der Waals surface area contributed by atoms with Crippen LogP contribution in [0.25, 0.3) is 0 Å². The number of thiophene rings is 1. The number of hydrogen-bond donors (Lipinski definition) is 0. The van der Waals surface area contributed by atoms with Gasteiger partial charge in [0.2, 0.25) is 5.91 Å². The summed E-state index contributed by atoms with van der Waals surface area (Å²) in [6, 6.07) is 3.64. The Kier molecular flexibility index (Phi) is 4.51. The SMILES string of the molecule is CC(=O)N(C)C1CCN(S(=O)(=O)c2ccc(C)s2)CC1. The van der Waals surface area contributed by atoms with Crippen LogP contribution in [0, 0.1) is 6.92 Å². The van der Waals surface area contributed by atoms with Gasteiger partial charge in [0, 0.05) is 38.0 Å². The smallest absolute Gasteiger partial charge is 0.252 e. The molecule has 0 unspecified atom stereocenters. The summed E-state index contributed by atoms with van der Waals surface area (Å²) in [4.78, 5) is 14.0. The molecule has 1 aliphatic heterocycles. The van der Waals surface area contributed by atoms with E-state index >= 15 is 0 Å². The molecule has 1 aliphatic rings. The molecule has 0 bridgehead atoms. The van der Waals surface area contributed by atoms with E-state index in [9.17, 15) is 13.2 Å². The van der Waals surface area contributed by atoms with Crippen molar-refractivity contribution >= 4 is 27.3 Å². The fourth-order valence-corrected chi connectivity index (χ4v) is 5.31. The molecule has 0 aromatic carbocycles. The van der Waals surface area contributed by atoms with Crippen molar-refractivity contribution in [3.8, 4) is 0 Å². The summed E-state index contributed by atoms with van der Waals surface area (Å²) in [6.07, 6.45) is 1.39. The summed E-state index contributed by atoms with van der Waals surface area (Å²) in [7, 11) is -1.58. The molecule has 112 valence electrons. The Morgan fingerprint density at radius 2 is 1.95 bits per heavy atom. The first kappa shape index (κ1) is 15.5. The molecule has 1 fully saturated rings. The zero-order chi connectivity index (χ0) is 14.9. The van der Waals surface area contributed by atoms with Gasteiger partial charge >= 0.3 is 0 Å². The van der Waals surface area contributed by atoms with E-state index in [0.29, 0.717) is 30.1 Å². The van der Waals surface area contributed by atoms with E-state index in [1.807, 2.05) is 13.0 Å². The highest BCUT2D eigenvalue weighted by Crippen LogP contribution is 2.27. The van der Waals surface area contributed by atoms with Crippen LogP contribution in [0.4, 0.5) is 0 Å². The summed E-state index contributed by atoms with van der Waals surface area (Å²) in [5.41, 5.74) is 0. The molecular weight excluding hydrogens is 296 g/mol. The monoisotopic (exact) mass is 316 g/mol. The van der Waals surface area contributed by atoms with Crippen molar-refractivity contribution in [2.75, 3.05) is 20.1 Å². The van der Waals surface area contributed by atoms with Gasteiger partial charge in [0.1, 0.15) is 4.21 Å². The lowest BCUT2D eigenvalue weighted by molar-refractivity contribution is -0.130. The third kappa shape index (κ3) is 3.05. The van der Waals surface area contributed by atoms with Crippen LogP contribution in [0.1, 0.15) is 24.6 Å². The molecule has 1 saturated heterocycles. The van der Waals surface area contributed by atoms with E-state index in [1.165, 1.54) is 22.6 Å². The number of carbonyl (C=O) groups is 1. The second-order valence-corrected chi connectivity index (χ2v) is 8.58. The largest absolute Gasteiger partial charge is 0.343 e. The van der Waals surface area contributed by atoms with Crippen LogP contribution in [0.5, 0.6) is 0 Å². The normalized spacial score (nSPS) is 18.1. The van der Waals surface area contributed by atoms with Crippen molar-refractivity contribution in [3.63, 3.8) is 0 Å². The van der Waals surface area contributed by atoms with Gasteiger partial charge in [-0.15, -0.1) is 11.3 Å². The Labute approximate surface area is 124 Å². The lowest BCUT2D eigenvalue weighted by Gasteiger charge is -2.35. The number of piperidine rings is 1. The third-order valence-electron chi connectivity index (χ3n) is 3.78. The summed E-state index contributed by atoms with van der Waals surface area (Å²) in [6.45, 7) is 4.39. The van der Waals surface area contributed by atoms with Gasteiger partial charge in [-0.1, -0.05) is 0 Å². The minimum absolute atomic E-state index is 0.0280. The molecule has 1 aromatic rings. The van der Waals surface area contributed by atoms with Crippen molar-refractivity contribution in [3.05, 3.63) is 17.0 Å². The number of sulfonamides is 1. The van der Waals surface area contributed by atoms with Crippen LogP contribution in [-0.4, -0.2) is 49.7 Å². The van der Waals surface area contributed by atoms with Crippen molar-refractivity contribution in [1.82, 2.24) is 9.21 Å². The van der Waals surface area contributed by atoms with Crippen LogP contribution < -0.4 is 0 Å². The first-order valence-corrected chi connectivity index (χ1v) is 8.88. The highest BCUT2D eigenvalue weighted by molar-refractivity contribution is 7.91. The Morgan fingerprint density at radius 3 is 2.40 bits per heavy atom. The van der Waals surface area contributed by atoms with E-state index in [-0.39, 0.29) is 11.9 Å². The zero-order valence-corrected chi connectivity index (χ0v) is 13.6. The minimum Gasteiger partial charge on any atom is -0.343 e. The maximum Gasteiger partial charge on any atom is 0.252 e.